The zero-order chi connectivity index (χ0) is 14.2. The van der Waals surface area contributed by atoms with Crippen molar-refractivity contribution in [3.05, 3.63) is 42.1 Å². The van der Waals surface area contributed by atoms with Gasteiger partial charge in [0, 0.05) is 30.5 Å². The summed E-state index contributed by atoms with van der Waals surface area (Å²) in [6, 6.07) is 10.1. The molecule has 1 aliphatic carbocycles. The van der Waals surface area contributed by atoms with Gasteiger partial charge in [-0.2, -0.15) is 0 Å². The summed E-state index contributed by atoms with van der Waals surface area (Å²) in [6.07, 6.45) is 2.44. The highest BCUT2D eigenvalue weighted by Gasteiger charge is 2.55. The van der Waals surface area contributed by atoms with Crippen LogP contribution in [0.5, 0.6) is 0 Å². The van der Waals surface area contributed by atoms with Gasteiger partial charge in [-0.05, 0) is 43.8 Å². The van der Waals surface area contributed by atoms with Crippen LogP contribution in [0.1, 0.15) is 18.4 Å². The molecule has 3 rings (SSSR count). The number of rotatable bonds is 5. The summed E-state index contributed by atoms with van der Waals surface area (Å²) in [5, 5.41) is 1.12. The van der Waals surface area contributed by atoms with Crippen molar-refractivity contribution in [3.8, 4) is 0 Å². The predicted octanol–water partition coefficient (Wildman–Crippen LogP) is 3.71. The Hall–Kier alpha value is -1.55. The third-order valence-corrected chi connectivity index (χ3v) is 3.93. The van der Waals surface area contributed by atoms with Crippen molar-refractivity contribution in [1.82, 2.24) is 9.88 Å². The molecule has 4 heteroatoms. The molecule has 0 aliphatic heterocycles. The average Bonchev–Trinajstić information content (AvgIpc) is 3.04. The molecule has 0 bridgehead atoms. The van der Waals surface area contributed by atoms with Crippen LogP contribution in [0.3, 0.4) is 0 Å². The molecule has 1 aromatic heterocycles. The standard InChI is InChI=1S/C16H18F2N2/c1-20(8-6-14-10-16(14,17)18)11-12-4-5-15-13(9-12)3-2-7-19-15/h2-5,7,9,14H,6,8,10-11H2,1H3. The van der Waals surface area contributed by atoms with Crippen molar-refractivity contribution in [3.63, 3.8) is 0 Å². The summed E-state index contributed by atoms with van der Waals surface area (Å²) in [7, 11) is 1.98. The highest BCUT2D eigenvalue weighted by molar-refractivity contribution is 5.78. The molecule has 1 atom stereocenters. The highest BCUT2D eigenvalue weighted by Crippen LogP contribution is 2.50. The molecule has 106 valence electrons. The first kappa shape index (κ1) is 13.4. The van der Waals surface area contributed by atoms with Gasteiger partial charge in [0.15, 0.2) is 0 Å². The molecule has 2 nitrogen and oxygen atoms in total. The Bertz CT molecular complexity index is 612. The fraction of sp³-hybridized carbons (Fsp3) is 0.438. The van der Waals surface area contributed by atoms with Crippen LogP contribution < -0.4 is 0 Å². The number of nitrogens with zero attached hydrogens (tertiary/aromatic N) is 2. The van der Waals surface area contributed by atoms with Crippen molar-refractivity contribution in [2.75, 3.05) is 13.6 Å². The third-order valence-electron chi connectivity index (χ3n) is 3.93. The van der Waals surface area contributed by atoms with Crippen molar-refractivity contribution in [1.29, 1.82) is 0 Å². The van der Waals surface area contributed by atoms with Gasteiger partial charge in [0.1, 0.15) is 0 Å². The molecule has 0 spiro atoms. The van der Waals surface area contributed by atoms with Crippen LogP contribution >= 0.6 is 0 Å². The fourth-order valence-electron chi connectivity index (χ4n) is 2.57. The third kappa shape index (κ3) is 2.96. The van der Waals surface area contributed by atoms with Gasteiger partial charge in [0.2, 0.25) is 0 Å². The molecule has 2 aromatic rings. The topological polar surface area (TPSA) is 16.1 Å². The molecule has 1 aromatic carbocycles. The summed E-state index contributed by atoms with van der Waals surface area (Å²) in [5.74, 6) is -2.79. The summed E-state index contributed by atoms with van der Waals surface area (Å²) in [4.78, 5) is 6.39. The number of hydrogen-bond acceptors (Lipinski definition) is 2. The minimum atomic E-state index is -2.39. The van der Waals surface area contributed by atoms with Gasteiger partial charge in [-0.15, -0.1) is 0 Å². The van der Waals surface area contributed by atoms with Gasteiger partial charge in [-0.1, -0.05) is 12.1 Å². The van der Waals surface area contributed by atoms with Crippen LogP contribution in [0.2, 0.25) is 0 Å². The van der Waals surface area contributed by atoms with Crippen LogP contribution in [0.4, 0.5) is 8.78 Å². The molecule has 0 radical (unpaired) electrons. The Morgan fingerprint density at radius 3 is 2.90 bits per heavy atom. The highest BCUT2D eigenvalue weighted by atomic mass is 19.3. The molecular weight excluding hydrogens is 258 g/mol. The van der Waals surface area contributed by atoms with E-state index in [1.54, 1.807) is 6.20 Å². The minimum absolute atomic E-state index is 0.0719. The van der Waals surface area contributed by atoms with Gasteiger partial charge in [0.05, 0.1) is 5.52 Å². The van der Waals surface area contributed by atoms with E-state index < -0.39 is 11.8 Å². The molecule has 20 heavy (non-hydrogen) atoms. The van der Waals surface area contributed by atoms with E-state index in [0.29, 0.717) is 13.0 Å². The second-order valence-corrected chi connectivity index (χ2v) is 5.72. The normalized spacial score (nSPS) is 20.5. The number of aromatic nitrogens is 1. The molecular formula is C16H18F2N2. The Balaban J connectivity index is 1.58. The quantitative estimate of drug-likeness (QED) is 0.827. The van der Waals surface area contributed by atoms with Gasteiger partial charge in [0.25, 0.3) is 5.92 Å². The number of halogens is 2. The second-order valence-electron chi connectivity index (χ2n) is 5.72. The van der Waals surface area contributed by atoms with Gasteiger partial charge in [-0.25, -0.2) is 8.78 Å². The van der Waals surface area contributed by atoms with Crippen molar-refractivity contribution >= 4 is 10.9 Å². The lowest BCUT2D eigenvalue weighted by atomic mass is 10.1. The lowest BCUT2D eigenvalue weighted by Crippen LogP contribution is -2.20. The Morgan fingerprint density at radius 2 is 2.15 bits per heavy atom. The molecule has 1 aliphatic rings. The van der Waals surface area contributed by atoms with E-state index in [1.807, 2.05) is 25.2 Å². The molecule has 1 saturated carbocycles. The molecule has 0 N–H and O–H groups in total. The fourth-order valence-corrected chi connectivity index (χ4v) is 2.57. The molecule has 0 saturated heterocycles. The average molecular weight is 276 g/mol. The first-order valence-electron chi connectivity index (χ1n) is 6.95. The number of alkyl halides is 2. The van der Waals surface area contributed by atoms with Crippen LogP contribution in [-0.2, 0) is 6.54 Å². The van der Waals surface area contributed by atoms with E-state index in [4.69, 9.17) is 0 Å². The van der Waals surface area contributed by atoms with E-state index >= 15 is 0 Å². The predicted molar refractivity (Wildman–Crippen MR) is 75.7 cm³/mol. The zero-order valence-corrected chi connectivity index (χ0v) is 11.5. The van der Waals surface area contributed by atoms with Gasteiger partial charge >= 0.3 is 0 Å². The summed E-state index contributed by atoms with van der Waals surface area (Å²) < 4.78 is 25.6. The molecule has 1 heterocycles. The summed E-state index contributed by atoms with van der Waals surface area (Å²) in [5.41, 5.74) is 2.17. The minimum Gasteiger partial charge on any atom is -0.302 e. The maximum Gasteiger partial charge on any atom is 0.251 e. The second kappa shape index (κ2) is 5.09. The van der Waals surface area contributed by atoms with E-state index in [1.165, 1.54) is 5.56 Å². The number of fused-ring (bicyclic) bond motifs is 1. The van der Waals surface area contributed by atoms with Crippen LogP contribution in [0, 0.1) is 5.92 Å². The SMILES string of the molecule is CN(CCC1CC1(F)F)Cc1ccc2ncccc2c1. The van der Waals surface area contributed by atoms with Crippen molar-refractivity contribution < 1.29 is 8.78 Å². The van der Waals surface area contributed by atoms with E-state index in [2.05, 4.69) is 22.0 Å². The molecule has 1 fully saturated rings. The number of hydrogen-bond donors (Lipinski definition) is 0. The van der Waals surface area contributed by atoms with Crippen LogP contribution in [0.25, 0.3) is 10.9 Å². The monoisotopic (exact) mass is 276 g/mol. The summed E-state index contributed by atoms with van der Waals surface area (Å²) in [6.45, 7) is 1.49. The molecule has 1 unspecified atom stereocenters. The smallest absolute Gasteiger partial charge is 0.251 e. The maximum atomic E-state index is 12.8. The largest absolute Gasteiger partial charge is 0.302 e. The van der Waals surface area contributed by atoms with Crippen LogP contribution in [-0.4, -0.2) is 29.4 Å². The Kier molecular flexibility index (Phi) is 3.42. The van der Waals surface area contributed by atoms with Gasteiger partial charge in [-0.3, -0.25) is 4.98 Å². The van der Waals surface area contributed by atoms with Gasteiger partial charge < -0.3 is 4.90 Å². The van der Waals surface area contributed by atoms with E-state index in [-0.39, 0.29) is 6.42 Å². The number of pyridine rings is 1. The Labute approximate surface area is 117 Å². The zero-order valence-electron chi connectivity index (χ0n) is 11.5. The van der Waals surface area contributed by atoms with Crippen molar-refractivity contribution in [2.45, 2.75) is 25.3 Å². The van der Waals surface area contributed by atoms with Crippen LogP contribution in [0.15, 0.2) is 36.5 Å². The first-order valence-corrected chi connectivity index (χ1v) is 6.95. The Morgan fingerprint density at radius 1 is 1.35 bits per heavy atom. The summed E-state index contributed by atoms with van der Waals surface area (Å²) >= 11 is 0. The van der Waals surface area contributed by atoms with Crippen molar-refractivity contribution in [2.24, 2.45) is 5.92 Å². The lowest BCUT2D eigenvalue weighted by Gasteiger charge is -2.16. The maximum absolute atomic E-state index is 12.8. The number of benzene rings is 1. The first-order chi connectivity index (χ1) is 9.54. The molecule has 0 amide bonds. The van der Waals surface area contributed by atoms with E-state index in [9.17, 15) is 8.78 Å². The lowest BCUT2D eigenvalue weighted by molar-refractivity contribution is 0.0944. The van der Waals surface area contributed by atoms with E-state index in [0.717, 1.165) is 17.4 Å².